The molecular weight excluding hydrogens is 216 g/mol. The average molecular weight is 230 g/mol. The predicted molar refractivity (Wildman–Crippen MR) is 68.1 cm³/mol. The number of pyridine rings is 1. The molecule has 0 atom stereocenters. The van der Waals surface area contributed by atoms with Crippen LogP contribution in [0.4, 0.5) is 0 Å². The van der Waals surface area contributed by atoms with Gasteiger partial charge in [0.1, 0.15) is 0 Å². The summed E-state index contributed by atoms with van der Waals surface area (Å²) in [5.41, 5.74) is 7.76. The van der Waals surface area contributed by atoms with E-state index in [0.29, 0.717) is 6.54 Å². The normalized spacial score (nSPS) is 10.3. The molecule has 0 aliphatic heterocycles. The number of thioether (sulfide) groups is 1. The minimum absolute atomic E-state index is 0.504. The van der Waals surface area contributed by atoms with Crippen molar-refractivity contribution < 1.29 is 0 Å². The molecule has 2 rings (SSSR count). The van der Waals surface area contributed by atoms with Crippen molar-refractivity contribution in [2.45, 2.75) is 17.2 Å². The van der Waals surface area contributed by atoms with Crippen molar-refractivity contribution in [3.63, 3.8) is 0 Å². The number of hydrogen-bond donors (Lipinski definition) is 1. The van der Waals surface area contributed by atoms with Crippen LogP contribution in [0.25, 0.3) is 0 Å². The molecule has 0 saturated carbocycles. The van der Waals surface area contributed by atoms with Gasteiger partial charge in [-0.1, -0.05) is 30.3 Å². The summed E-state index contributed by atoms with van der Waals surface area (Å²) < 4.78 is 0. The number of rotatable bonds is 4. The van der Waals surface area contributed by atoms with Gasteiger partial charge in [-0.3, -0.25) is 4.98 Å². The zero-order valence-electron chi connectivity index (χ0n) is 8.97. The minimum Gasteiger partial charge on any atom is -0.325 e. The van der Waals surface area contributed by atoms with Crippen LogP contribution in [0.1, 0.15) is 11.3 Å². The van der Waals surface area contributed by atoms with Gasteiger partial charge in [0, 0.05) is 23.4 Å². The van der Waals surface area contributed by atoms with Gasteiger partial charge < -0.3 is 5.73 Å². The van der Waals surface area contributed by atoms with Gasteiger partial charge in [-0.15, -0.1) is 11.8 Å². The molecule has 0 aliphatic rings. The topological polar surface area (TPSA) is 38.9 Å². The van der Waals surface area contributed by atoms with Gasteiger partial charge in [-0.25, -0.2) is 0 Å². The Morgan fingerprint density at radius 1 is 1.06 bits per heavy atom. The van der Waals surface area contributed by atoms with E-state index in [1.54, 1.807) is 11.8 Å². The van der Waals surface area contributed by atoms with Crippen molar-refractivity contribution in [1.82, 2.24) is 4.98 Å². The van der Waals surface area contributed by atoms with Gasteiger partial charge in [0.2, 0.25) is 0 Å². The van der Waals surface area contributed by atoms with Crippen LogP contribution in [0.2, 0.25) is 0 Å². The highest BCUT2D eigenvalue weighted by molar-refractivity contribution is 7.98. The summed E-state index contributed by atoms with van der Waals surface area (Å²) in [6, 6.07) is 14.5. The van der Waals surface area contributed by atoms with Crippen molar-refractivity contribution in [2.75, 3.05) is 0 Å². The molecule has 0 saturated heterocycles. The molecule has 16 heavy (non-hydrogen) atoms. The first-order valence-corrected chi connectivity index (χ1v) is 6.19. The fourth-order valence-corrected chi connectivity index (χ4v) is 2.18. The summed E-state index contributed by atoms with van der Waals surface area (Å²) in [6.07, 6.45) is 1.88. The zero-order chi connectivity index (χ0) is 11.2. The Morgan fingerprint density at radius 2 is 1.88 bits per heavy atom. The smallest absolute Gasteiger partial charge is 0.0540 e. The van der Waals surface area contributed by atoms with Crippen molar-refractivity contribution in [3.05, 3.63) is 59.9 Å². The van der Waals surface area contributed by atoms with Crippen molar-refractivity contribution in [1.29, 1.82) is 0 Å². The van der Waals surface area contributed by atoms with Crippen molar-refractivity contribution >= 4 is 11.8 Å². The fourth-order valence-electron chi connectivity index (χ4n) is 1.36. The number of aromatic nitrogens is 1. The average Bonchev–Trinajstić information content (AvgIpc) is 2.38. The van der Waals surface area contributed by atoms with Crippen LogP contribution in [0, 0.1) is 0 Å². The summed E-state index contributed by atoms with van der Waals surface area (Å²) in [4.78, 5) is 5.45. The fraction of sp³-hybridized carbons (Fsp3) is 0.154. The monoisotopic (exact) mass is 230 g/mol. The Balaban J connectivity index is 1.94. The third-order valence-electron chi connectivity index (χ3n) is 2.26. The Kier molecular flexibility index (Phi) is 3.97. The Hall–Kier alpha value is -1.32. The van der Waals surface area contributed by atoms with E-state index in [9.17, 15) is 0 Å². The minimum atomic E-state index is 0.504. The molecule has 0 unspecified atom stereocenters. The van der Waals surface area contributed by atoms with Gasteiger partial charge in [-0.05, 0) is 17.7 Å². The standard InChI is InChI=1S/C13H14N2S/c14-8-12-6-7-13(9-15-12)16-10-11-4-2-1-3-5-11/h1-7,9H,8,10,14H2. The summed E-state index contributed by atoms with van der Waals surface area (Å²) in [7, 11) is 0. The van der Waals surface area contributed by atoms with E-state index in [4.69, 9.17) is 5.73 Å². The lowest BCUT2D eigenvalue weighted by Gasteiger charge is -2.02. The second-order valence-electron chi connectivity index (χ2n) is 3.46. The van der Waals surface area contributed by atoms with Crippen LogP contribution in [-0.4, -0.2) is 4.98 Å². The quantitative estimate of drug-likeness (QED) is 0.821. The SMILES string of the molecule is NCc1ccc(SCc2ccccc2)cn1. The molecule has 1 aromatic carbocycles. The maximum absolute atomic E-state index is 5.50. The van der Waals surface area contributed by atoms with Crippen molar-refractivity contribution in [3.8, 4) is 0 Å². The zero-order valence-corrected chi connectivity index (χ0v) is 9.78. The van der Waals surface area contributed by atoms with E-state index < -0.39 is 0 Å². The van der Waals surface area contributed by atoms with E-state index in [0.717, 1.165) is 11.4 Å². The Morgan fingerprint density at radius 3 is 2.50 bits per heavy atom. The first-order chi connectivity index (χ1) is 7.88. The summed E-state index contributed by atoms with van der Waals surface area (Å²) in [5, 5.41) is 0. The van der Waals surface area contributed by atoms with Gasteiger partial charge in [0.15, 0.2) is 0 Å². The van der Waals surface area contributed by atoms with E-state index >= 15 is 0 Å². The molecule has 0 radical (unpaired) electrons. The van der Waals surface area contributed by atoms with Crippen LogP contribution in [0.3, 0.4) is 0 Å². The van der Waals surface area contributed by atoms with Crippen LogP contribution in [0.15, 0.2) is 53.6 Å². The first kappa shape index (κ1) is 11.2. The summed E-state index contributed by atoms with van der Waals surface area (Å²) in [5.74, 6) is 0.977. The summed E-state index contributed by atoms with van der Waals surface area (Å²) in [6.45, 7) is 0.504. The molecule has 0 aliphatic carbocycles. The highest BCUT2D eigenvalue weighted by Crippen LogP contribution is 2.21. The molecule has 82 valence electrons. The Labute approximate surface area is 99.9 Å². The van der Waals surface area contributed by atoms with Gasteiger partial charge in [-0.2, -0.15) is 0 Å². The lowest BCUT2D eigenvalue weighted by atomic mass is 10.2. The van der Waals surface area contributed by atoms with Gasteiger partial charge in [0.05, 0.1) is 5.69 Å². The molecule has 0 spiro atoms. The highest BCUT2D eigenvalue weighted by Gasteiger charge is 1.97. The molecule has 2 aromatic rings. The molecule has 1 heterocycles. The van der Waals surface area contributed by atoms with Crippen LogP contribution in [0.5, 0.6) is 0 Å². The molecule has 2 N–H and O–H groups in total. The third-order valence-corrected chi connectivity index (χ3v) is 3.31. The van der Waals surface area contributed by atoms with Crippen molar-refractivity contribution in [2.24, 2.45) is 5.73 Å². The maximum atomic E-state index is 5.50. The van der Waals surface area contributed by atoms with Crippen LogP contribution < -0.4 is 5.73 Å². The highest BCUT2D eigenvalue weighted by atomic mass is 32.2. The summed E-state index contributed by atoms with van der Waals surface area (Å²) >= 11 is 1.79. The number of hydrogen-bond acceptors (Lipinski definition) is 3. The van der Waals surface area contributed by atoms with Crippen LogP contribution >= 0.6 is 11.8 Å². The lowest BCUT2D eigenvalue weighted by molar-refractivity contribution is 0.977. The third kappa shape index (κ3) is 3.08. The number of nitrogens with zero attached hydrogens (tertiary/aromatic N) is 1. The van der Waals surface area contributed by atoms with Gasteiger partial charge >= 0.3 is 0 Å². The molecule has 1 aromatic heterocycles. The molecule has 2 nitrogen and oxygen atoms in total. The second kappa shape index (κ2) is 5.68. The lowest BCUT2D eigenvalue weighted by Crippen LogP contribution is -1.98. The van der Waals surface area contributed by atoms with Gasteiger partial charge in [0.25, 0.3) is 0 Å². The second-order valence-corrected chi connectivity index (χ2v) is 4.51. The first-order valence-electron chi connectivity index (χ1n) is 5.20. The number of nitrogens with two attached hydrogens (primary N) is 1. The number of benzene rings is 1. The molecule has 3 heteroatoms. The van der Waals surface area contributed by atoms with E-state index in [1.165, 1.54) is 10.5 Å². The predicted octanol–water partition coefficient (Wildman–Crippen LogP) is 2.83. The van der Waals surface area contributed by atoms with E-state index in [1.807, 2.05) is 18.3 Å². The maximum Gasteiger partial charge on any atom is 0.0540 e. The molecule has 0 fully saturated rings. The van der Waals surface area contributed by atoms with E-state index in [-0.39, 0.29) is 0 Å². The van der Waals surface area contributed by atoms with E-state index in [2.05, 4.69) is 35.3 Å². The largest absolute Gasteiger partial charge is 0.325 e. The Bertz CT molecular complexity index is 425. The molecule has 0 amide bonds. The van der Waals surface area contributed by atoms with Crippen LogP contribution in [-0.2, 0) is 12.3 Å². The molecular formula is C13H14N2S. The molecule has 0 bridgehead atoms.